The van der Waals surface area contributed by atoms with Crippen molar-refractivity contribution in [1.82, 2.24) is 15.3 Å². The second kappa shape index (κ2) is 8.87. The van der Waals surface area contributed by atoms with Crippen molar-refractivity contribution in [3.8, 4) is 0 Å². The summed E-state index contributed by atoms with van der Waals surface area (Å²) in [5, 5.41) is 4.90. The maximum absolute atomic E-state index is 6.40. The van der Waals surface area contributed by atoms with Crippen molar-refractivity contribution in [2.75, 3.05) is 18.0 Å². The molecule has 0 spiro atoms. The number of piperidine rings is 1. The molecule has 0 amide bonds. The molecule has 0 radical (unpaired) electrons. The van der Waals surface area contributed by atoms with Gasteiger partial charge in [-0.3, -0.25) is 0 Å². The van der Waals surface area contributed by atoms with Gasteiger partial charge in [0, 0.05) is 18.0 Å². The molecular formula is C21H31ClN4S. The molecule has 3 rings (SSSR count). The summed E-state index contributed by atoms with van der Waals surface area (Å²) >= 11 is 7.97. The molecule has 1 saturated heterocycles. The van der Waals surface area contributed by atoms with E-state index in [0.29, 0.717) is 5.41 Å². The molecule has 1 aromatic heterocycles. The number of anilines is 1. The summed E-state index contributed by atoms with van der Waals surface area (Å²) in [7, 11) is 0. The van der Waals surface area contributed by atoms with E-state index in [1.54, 1.807) is 11.8 Å². The summed E-state index contributed by atoms with van der Waals surface area (Å²) < 4.78 is 0. The lowest BCUT2D eigenvalue weighted by molar-refractivity contribution is 0.165. The van der Waals surface area contributed by atoms with Crippen LogP contribution in [0.4, 0.5) is 5.82 Å². The van der Waals surface area contributed by atoms with E-state index in [0.717, 1.165) is 39.8 Å². The summed E-state index contributed by atoms with van der Waals surface area (Å²) in [4.78, 5) is 12.7. The third-order valence-corrected chi connectivity index (χ3v) is 7.40. The van der Waals surface area contributed by atoms with Gasteiger partial charge in [-0.25, -0.2) is 9.97 Å². The first-order valence-electron chi connectivity index (χ1n) is 9.99. The monoisotopic (exact) mass is 406 g/mol. The van der Waals surface area contributed by atoms with Crippen molar-refractivity contribution < 1.29 is 0 Å². The van der Waals surface area contributed by atoms with Crippen molar-refractivity contribution >= 4 is 29.2 Å². The van der Waals surface area contributed by atoms with E-state index in [2.05, 4.69) is 41.0 Å². The number of nitrogens with one attached hydrogen (secondary N) is 1. The van der Waals surface area contributed by atoms with Gasteiger partial charge in [-0.15, -0.1) is 0 Å². The minimum absolute atomic E-state index is 0.143. The van der Waals surface area contributed by atoms with Crippen LogP contribution in [-0.2, 0) is 0 Å². The average molecular weight is 407 g/mol. The first-order chi connectivity index (χ1) is 12.9. The van der Waals surface area contributed by atoms with Crippen LogP contribution < -0.4 is 10.2 Å². The molecule has 1 atom stereocenters. The molecule has 3 heterocycles. The molecule has 6 heteroatoms. The smallest absolute Gasteiger partial charge is 0.147 e. The molecule has 0 aromatic carbocycles. The number of allylic oxidation sites excluding steroid dienone is 1. The number of rotatable bonds is 6. The van der Waals surface area contributed by atoms with Crippen LogP contribution in [0.5, 0.6) is 0 Å². The fraction of sp³-hybridized carbons (Fsp3) is 0.619. The van der Waals surface area contributed by atoms with Crippen molar-refractivity contribution in [2.45, 2.75) is 64.4 Å². The Bertz CT molecular complexity index is 691. The van der Waals surface area contributed by atoms with Crippen LogP contribution >= 0.6 is 23.4 Å². The molecule has 2 aliphatic rings. The highest BCUT2D eigenvalue weighted by atomic mass is 35.5. The number of hydrogen-bond donors (Lipinski definition) is 1. The lowest BCUT2D eigenvalue weighted by Crippen LogP contribution is -2.41. The van der Waals surface area contributed by atoms with Crippen LogP contribution in [0, 0.1) is 11.3 Å². The zero-order chi connectivity index (χ0) is 19.4. The molecule has 1 aromatic rings. The molecule has 1 unspecified atom stereocenters. The number of halogens is 1. The standard InChI is InChI=1S/C21H31ClN4S/c1-5-21(12-15(2)3)7-10-26(11-8-21)18-13-25-19(14-24-18)27-17-6-9-23-16(4)20(17)22/h6,9,13-16,23H,5,7-8,10-12H2,1-4H3. The van der Waals surface area contributed by atoms with E-state index in [4.69, 9.17) is 11.6 Å². The SMILES string of the molecule is CCC1(CC(C)C)CCN(c2cnc(SC3=C(Cl)C(C)NC=C3)cn2)CC1. The predicted octanol–water partition coefficient (Wildman–Crippen LogP) is 5.57. The molecule has 27 heavy (non-hydrogen) atoms. The Morgan fingerprint density at radius 2 is 2.04 bits per heavy atom. The molecule has 2 aliphatic heterocycles. The maximum atomic E-state index is 6.40. The van der Waals surface area contributed by atoms with Crippen LogP contribution in [0.25, 0.3) is 0 Å². The second-order valence-corrected chi connectivity index (χ2v) is 9.66. The van der Waals surface area contributed by atoms with Gasteiger partial charge in [0.05, 0.1) is 23.5 Å². The lowest BCUT2D eigenvalue weighted by atomic mass is 9.71. The maximum Gasteiger partial charge on any atom is 0.147 e. The van der Waals surface area contributed by atoms with Gasteiger partial charge in [0.15, 0.2) is 0 Å². The normalized spacial score (nSPS) is 22.3. The van der Waals surface area contributed by atoms with Gasteiger partial charge in [-0.05, 0) is 49.8 Å². The van der Waals surface area contributed by atoms with Gasteiger partial charge in [0.25, 0.3) is 0 Å². The number of thioether (sulfide) groups is 1. The van der Waals surface area contributed by atoms with E-state index in [9.17, 15) is 0 Å². The minimum Gasteiger partial charge on any atom is -0.383 e. The summed E-state index contributed by atoms with van der Waals surface area (Å²) in [6.07, 6.45) is 12.8. The van der Waals surface area contributed by atoms with Gasteiger partial charge in [-0.2, -0.15) is 0 Å². The number of aromatic nitrogens is 2. The Balaban J connectivity index is 1.62. The van der Waals surface area contributed by atoms with Crippen molar-refractivity contribution in [2.24, 2.45) is 11.3 Å². The Hall–Kier alpha value is -1.20. The lowest BCUT2D eigenvalue weighted by Gasteiger charge is -2.43. The fourth-order valence-corrected chi connectivity index (χ4v) is 5.22. The summed E-state index contributed by atoms with van der Waals surface area (Å²) in [5.74, 6) is 1.75. The van der Waals surface area contributed by atoms with E-state index in [1.165, 1.54) is 25.7 Å². The van der Waals surface area contributed by atoms with Crippen LogP contribution in [0.1, 0.15) is 53.4 Å². The molecule has 148 valence electrons. The number of dihydropyridines is 1. The second-order valence-electron chi connectivity index (χ2n) is 8.19. The molecular weight excluding hydrogens is 376 g/mol. The molecule has 1 N–H and O–H groups in total. The van der Waals surface area contributed by atoms with Gasteiger partial charge < -0.3 is 10.2 Å². The van der Waals surface area contributed by atoms with Gasteiger partial charge in [0.2, 0.25) is 0 Å². The fourth-order valence-electron chi connectivity index (χ4n) is 4.13. The third-order valence-electron chi connectivity index (χ3n) is 5.76. The average Bonchev–Trinajstić information content (AvgIpc) is 2.66. The van der Waals surface area contributed by atoms with Crippen LogP contribution in [0.3, 0.4) is 0 Å². The van der Waals surface area contributed by atoms with Crippen LogP contribution in [-0.4, -0.2) is 29.1 Å². The van der Waals surface area contributed by atoms with Gasteiger partial charge in [-0.1, -0.05) is 50.6 Å². The third kappa shape index (κ3) is 5.00. The van der Waals surface area contributed by atoms with E-state index >= 15 is 0 Å². The molecule has 1 fully saturated rings. The largest absolute Gasteiger partial charge is 0.383 e. The number of hydrogen-bond acceptors (Lipinski definition) is 5. The van der Waals surface area contributed by atoms with Crippen molar-refractivity contribution in [3.63, 3.8) is 0 Å². The summed E-state index contributed by atoms with van der Waals surface area (Å²) in [6.45, 7) is 11.2. The number of nitrogens with zero attached hydrogens (tertiary/aromatic N) is 3. The van der Waals surface area contributed by atoms with Crippen LogP contribution in [0.15, 0.2) is 39.6 Å². The van der Waals surface area contributed by atoms with E-state index < -0.39 is 0 Å². The Kier molecular flexibility index (Phi) is 6.74. The zero-order valence-electron chi connectivity index (χ0n) is 16.8. The Morgan fingerprint density at radius 3 is 2.63 bits per heavy atom. The van der Waals surface area contributed by atoms with Crippen molar-refractivity contribution in [1.29, 1.82) is 0 Å². The first-order valence-corrected chi connectivity index (χ1v) is 11.2. The minimum atomic E-state index is 0.143. The Morgan fingerprint density at radius 1 is 1.30 bits per heavy atom. The molecule has 4 nitrogen and oxygen atoms in total. The first kappa shape index (κ1) is 20.5. The van der Waals surface area contributed by atoms with E-state index in [1.807, 2.05) is 31.6 Å². The van der Waals surface area contributed by atoms with Gasteiger partial charge in [0.1, 0.15) is 10.8 Å². The highest BCUT2D eigenvalue weighted by Gasteiger charge is 2.33. The highest BCUT2D eigenvalue weighted by Crippen LogP contribution is 2.41. The Labute approximate surface area is 172 Å². The van der Waals surface area contributed by atoms with Crippen molar-refractivity contribution in [3.05, 3.63) is 34.6 Å². The topological polar surface area (TPSA) is 41.1 Å². The zero-order valence-corrected chi connectivity index (χ0v) is 18.4. The van der Waals surface area contributed by atoms with Gasteiger partial charge >= 0.3 is 0 Å². The quantitative estimate of drug-likeness (QED) is 0.668. The molecule has 0 saturated carbocycles. The summed E-state index contributed by atoms with van der Waals surface area (Å²) in [5.41, 5.74) is 0.509. The molecule has 0 aliphatic carbocycles. The van der Waals surface area contributed by atoms with E-state index in [-0.39, 0.29) is 6.04 Å². The molecule has 0 bridgehead atoms. The summed E-state index contributed by atoms with van der Waals surface area (Å²) in [6, 6.07) is 0.143. The predicted molar refractivity (Wildman–Crippen MR) is 116 cm³/mol. The highest BCUT2D eigenvalue weighted by molar-refractivity contribution is 8.03. The van der Waals surface area contributed by atoms with Crippen LogP contribution in [0.2, 0.25) is 0 Å².